The average Bonchev–Trinajstić information content (AvgIpc) is 2.65. The summed E-state index contributed by atoms with van der Waals surface area (Å²) in [6, 6.07) is 0. The molecule has 0 aliphatic rings. The van der Waals surface area contributed by atoms with Crippen LogP contribution in [0.3, 0.4) is 0 Å². The van der Waals surface area contributed by atoms with Crippen molar-refractivity contribution in [2.24, 2.45) is 7.05 Å². The van der Waals surface area contributed by atoms with Gasteiger partial charge in [-0.3, -0.25) is 0 Å². The van der Waals surface area contributed by atoms with Gasteiger partial charge in [-0.25, -0.2) is 0 Å². The molecule has 1 heterocycles. The number of aromatic nitrogens is 1. The number of allylic oxidation sites excluding steroid dienone is 4. The Kier molecular flexibility index (Phi) is 4.94. The molecule has 0 bridgehead atoms. The Morgan fingerprint density at radius 1 is 0.778 bits per heavy atom. The van der Waals surface area contributed by atoms with E-state index in [1.807, 2.05) is 43.5 Å². The van der Waals surface area contributed by atoms with Crippen molar-refractivity contribution in [1.29, 1.82) is 0 Å². The number of rotatable bonds is 6. The van der Waals surface area contributed by atoms with Gasteiger partial charge in [0.2, 0.25) is 0 Å². The summed E-state index contributed by atoms with van der Waals surface area (Å²) in [5.41, 5.74) is 4.33. The molecule has 0 radical (unpaired) electrons. The van der Waals surface area contributed by atoms with Gasteiger partial charge in [-0.2, -0.15) is 0 Å². The topological polar surface area (TPSA) is 4.93 Å². The van der Waals surface area contributed by atoms with Crippen molar-refractivity contribution in [2.45, 2.75) is 0 Å². The maximum Gasteiger partial charge on any atom is 0.0488 e. The molecule has 0 aliphatic carbocycles. The summed E-state index contributed by atoms with van der Waals surface area (Å²) in [5.74, 6) is 0. The Morgan fingerprint density at radius 2 is 1.17 bits per heavy atom. The van der Waals surface area contributed by atoms with Crippen LogP contribution >= 0.6 is 0 Å². The number of nitrogens with zero attached hydrogens (tertiary/aromatic N) is 1. The molecule has 0 saturated carbocycles. The van der Waals surface area contributed by atoms with Crippen LogP contribution in [0, 0.1) is 0 Å². The summed E-state index contributed by atoms with van der Waals surface area (Å²) in [5, 5.41) is 0. The molecule has 18 heavy (non-hydrogen) atoms. The molecule has 0 unspecified atom stereocenters. The lowest BCUT2D eigenvalue weighted by Gasteiger charge is -2.01. The van der Waals surface area contributed by atoms with Gasteiger partial charge in [0.1, 0.15) is 0 Å². The van der Waals surface area contributed by atoms with Gasteiger partial charge in [0, 0.05) is 29.6 Å². The lowest BCUT2D eigenvalue weighted by atomic mass is 10.1. The fourth-order valence-corrected chi connectivity index (χ4v) is 1.92. The molecule has 0 amide bonds. The smallest absolute Gasteiger partial charge is 0.0488 e. The van der Waals surface area contributed by atoms with Crippen molar-refractivity contribution in [3.63, 3.8) is 0 Å². The Bertz CT molecular complexity index is 489. The lowest BCUT2D eigenvalue weighted by molar-refractivity contribution is 0.901. The van der Waals surface area contributed by atoms with Gasteiger partial charge in [-0.05, 0) is 12.2 Å². The van der Waals surface area contributed by atoms with Crippen LogP contribution in [0.25, 0.3) is 24.3 Å². The molecule has 1 nitrogen and oxygen atoms in total. The van der Waals surface area contributed by atoms with Crippen molar-refractivity contribution >= 4 is 24.3 Å². The van der Waals surface area contributed by atoms with Crippen LogP contribution < -0.4 is 0 Å². The van der Waals surface area contributed by atoms with E-state index in [0.717, 1.165) is 22.5 Å². The van der Waals surface area contributed by atoms with Crippen molar-refractivity contribution in [1.82, 2.24) is 4.57 Å². The first kappa shape index (κ1) is 13.8. The first-order valence-electron chi connectivity index (χ1n) is 5.77. The Labute approximate surface area is 109 Å². The number of hydrogen-bond donors (Lipinski definition) is 0. The van der Waals surface area contributed by atoms with Crippen molar-refractivity contribution in [3.8, 4) is 0 Å². The standard InChI is InChI=1S/C17H19N/c1-6-10-12-16-14(8-3)15(9-4)17(18(16)5)13-11-7-2/h6-13H,1-4H2,5H3/b12-10-,13-11-. The number of hydrogen-bond acceptors (Lipinski definition) is 0. The van der Waals surface area contributed by atoms with Crippen LogP contribution in [0.15, 0.2) is 50.6 Å². The zero-order valence-corrected chi connectivity index (χ0v) is 10.9. The molecule has 92 valence electrons. The van der Waals surface area contributed by atoms with Crippen LogP contribution in [0.4, 0.5) is 0 Å². The van der Waals surface area contributed by atoms with Crippen LogP contribution in [0.5, 0.6) is 0 Å². The monoisotopic (exact) mass is 237 g/mol. The summed E-state index contributed by atoms with van der Waals surface area (Å²) in [6.07, 6.45) is 15.1. The summed E-state index contributed by atoms with van der Waals surface area (Å²) in [4.78, 5) is 0. The van der Waals surface area contributed by atoms with E-state index in [2.05, 4.69) is 30.9 Å². The SMILES string of the molecule is C=C/C=C\c1c(C=C)c(C=C)c(/C=C\C=C)n1C. The van der Waals surface area contributed by atoms with Gasteiger partial charge in [-0.1, -0.05) is 62.8 Å². The largest absolute Gasteiger partial charge is 0.344 e. The third-order valence-electron chi connectivity index (χ3n) is 2.75. The molecule has 1 heteroatoms. The van der Waals surface area contributed by atoms with Crippen molar-refractivity contribution < 1.29 is 0 Å². The predicted octanol–water partition coefficient (Wildman–Crippen LogP) is 4.71. The zero-order valence-electron chi connectivity index (χ0n) is 10.9. The highest BCUT2D eigenvalue weighted by atomic mass is 15.0. The third-order valence-corrected chi connectivity index (χ3v) is 2.75. The molecule has 1 aromatic heterocycles. The van der Waals surface area contributed by atoms with Gasteiger partial charge >= 0.3 is 0 Å². The second-order valence-electron chi connectivity index (χ2n) is 3.75. The maximum atomic E-state index is 3.88. The predicted molar refractivity (Wildman–Crippen MR) is 84.1 cm³/mol. The molecule has 0 aromatic carbocycles. The molecule has 0 saturated heterocycles. The van der Waals surface area contributed by atoms with Gasteiger partial charge in [0.15, 0.2) is 0 Å². The zero-order chi connectivity index (χ0) is 13.5. The minimum absolute atomic E-state index is 1.08. The summed E-state index contributed by atoms with van der Waals surface area (Å²) < 4.78 is 2.11. The molecule has 0 atom stereocenters. The van der Waals surface area contributed by atoms with E-state index in [9.17, 15) is 0 Å². The van der Waals surface area contributed by atoms with Crippen molar-refractivity contribution in [3.05, 3.63) is 73.1 Å². The Hall–Kier alpha value is -2.28. The Morgan fingerprint density at radius 3 is 1.44 bits per heavy atom. The summed E-state index contributed by atoms with van der Waals surface area (Å²) in [7, 11) is 2.02. The highest BCUT2D eigenvalue weighted by molar-refractivity contribution is 5.79. The fraction of sp³-hybridized carbons (Fsp3) is 0.0588. The van der Waals surface area contributed by atoms with Crippen LogP contribution in [0.1, 0.15) is 22.5 Å². The van der Waals surface area contributed by atoms with E-state index in [1.54, 1.807) is 12.2 Å². The van der Waals surface area contributed by atoms with Crippen LogP contribution in [0.2, 0.25) is 0 Å². The molecule has 0 fully saturated rings. The first-order valence-corrected chi connectivity index (χ1v) is 5.77. The van der Waals surface area contributed by atoms with Crippen molar-refractivity contribution in [2.75, 3.05) is 0 Å². The highest BCUT2D eigenvalue weighted by Gasteiger charge is 2.12. The van der Waals surface area contributed by atoms with Crippen LogP contribution in [-0.4, -0.2) is 4.57 Å². The molecule has 0 N–H and O–H groups in total. The molecular weight excluding hydrogens is 218 g/mol. The second-order valence-corrected chi connectivity index (χ2v) is 3.75. The summed E-state index contributed by atoms with van der Waals surface area (Å²) in [6.45, 7) is 15.1. The fourth-order valence-electron chi connectivity index (χ4n) is 1.92. The van der Waals surface area contributed by atoms with Gasteiger partial charge in [0.25, 0.3) is 0 Å². The van der Waals surface area contributed by atoms with Gasteiger partial charge in [0.05, 0.1) is 0 Å². The minimum Gasteiger partial charge on any atom is -0.344 e. The van der Waals surface area contributed by atoms with Gasteiger partial charge in [-0.15, -0.1) is 0 Å². The third kappa shape index (κ3) is 2.51. The van der Waals surface area contributed by atoms with E-state index in [0.29, 0.717) is 0 Å². The minimum atomic E-state index is 1.08. The molecular formula is C17H19N. The van der Waals surface area contributed by atoms with E-state index in [1.165, 1.54) is 0 Å². The quantitative estimate of drug-likeness (QED) is 0.631. The average molecular weight is 237 g/mol. The molecule has 0 spiro atoms. The van der Waals surface area contributed by atoms with E-state index in [-0.39, 0.29) is 0 Å². The van der Waals surface area contributed by atoms with E-state index < -0.39 is 0 Å². The molecule has 0 aliphatic heterocycles. The molecule has 1 aromatic rings. The Balaban J connectivity index is 3.56. The van der Waals surface area contributed by atoms with Crippen LogP contribution in [-0.2, 0) is 7.05 Å². The molecule has 1 rings (SSSR count). The first-order chi connectivity index (χ1) is 8.71. The summed E-state index contributed by atoms with van der Waals surface area (Å²) >= 11 is 0. The van der Waals surface area contributed by atoms with E-state index >= 15 is 0 Å². The second kappa shape index (κ2) is 6.45. The van der Waals surface area contributed by atoms with Gasteiger partial charge < -0.3 is 4.57 Å². The highest BCUT2D eigenvalue weighted by Crippen LogP contribution is 2.27. The van der Waals surface area contributed by atoms with E-state index in [4.69, 9.17) is 0 Å². The maximum absolute atomic E-state index is 3.88. The normalized spacial score (nSPS) is 10.9. The lowest BCUT2D eigenvalue weighted by Crippen LogP contribution is -1.94.